The molecule has 2 N–H and O–H groups in total. The molecule has 0 aliphatic rings. The quantitative estimate of drug-likeness (QED) is 0.448. The third-order valence-electron chi connectivity index (χ3n) is 1.33. The van der Waals surface area contributed by atoms with Crippen molar-refractivity contribution >= 4 is 23.4 Å². The van der Waals surface area contributed by atoms with Gasteiger partial charge in [-0.25, -0.2) is 0 Å². The van der Waals surface area contributed by atoms with Gasteiger partial charge in [0.25, 0.3) is 0 Å². The molecule has 0 spiro atoms. The second-order valence-corrected chi connectivity index (χ2v) is 2.87. The summed E-state index contributed by atoms with van der Waals surface area (Å²) in [5.41, 5.74) is 6.23. The molecule has 0 atom stereocenters. The smallest absolute Gasteiger partial charge is 0.142 e. The average Bonchev–Trinajstić information content (AvgIpc) is 2.14. The first-order valence-corrected chi connectivity index (χ1v) is 4.18. The van der Waals surface area contributed by atoms with E-state index in [2.05, 4.69) is 17.4 Å². The molecule has 0 fully saturated rings. The number of nitrogens with zero attached hydrogens (tertiary/aromatic N) is 1. The third-order valence-corrected chi connectivity index (χ3v) is 1.43. The van der Waals surface area contributed by atoms with Crippen LogP contribution in [0, 0.1) is 0 Å². The topological polar surface area (TPSA) is 47.6 Å². The first kappa shape index (κ1) is 9.67. The van der Waals surface area contributed by atoms with E-state index in [1.807, 2.05) is 30.3 Å². The Hall–Kier alpha value is -1.42. The Morgan fingerprint density at radius 2 is 2.15 bits per heavy atom. The normalized spacial score (nSPS) is 10.2. The summed E-state index contributed by atoms with van der Waals surface area (Å²) in [6.07, 6.45) is 1.30. The van der Waals surface area contributed by atoms with Crippen molar-refractivity contribution in [2.75, 3.05) is 0 Å². The average molecular weight is 194 g/mol. The van der Waals surface area contributed by atoms with Gasteiger partial charge in [0.15, 0.2) is 0 Å². The number of oxime groups is 1. The van der Waals surface area contributed by atoms with Gasteiger partial charge in [0.05, 0.1) is 0 Å². The molecule has 0 bridgehead atoms. The molecule has 0 saturated heterocycles. The molecule has 13 heavy (non-hydrogen) atoms. The van der Waals surface area contributed by atoms with Crippen molar-refractivity contribution in [1.82, 2.24) is 0 Å². The fourth-order valence-corrected chi connectivity index (χ4v) is 0.818. The van der Waals surface area contributed by atoms with Crippen LogP contribution in [0.1, 0.15) is 5.56 Å². The molecule has 0 unspecified atom stereocenters. The maximum Gasteiger partial charge on any atom is 0.142 e. The number of hydrogen-bond donors (Lipinski definition) is 1. The minimum atomic E-state index is 0.216. The molecule has 1 aromatic carbocycles. The van der Waals surface area contributed by atoms with Crippen LogP contribution in [0.25, 0.3) is 0 Å². The highest BCUT2D eigenvalue weighted by Crippen LogP contribution is 1.99. The van der Waals surface area contributed by atoms with Gasteiger partial charge in [0, 0.05) is 0 Å². The van der Waals surface area contributed by atoms with Crippen molar-refractivity contribution in [2.45, 2.75) is 6.61 Å². The molecular formula is C9H10N2OS. The van der Waals surface area contributed by atoms with E-state index in [0.29, 0.717) is 6.61 Å². The van der Waals surface area contributed by atoms with Gasteiger partial charge in [-0.1, -0.05) is 47.7 Å². The van der Waals surface area contributed by atoms with Crippen molar-refractivity contribution in [3.63, 3.8) is 0 Å². The van der Waals surface area contributed by atoms with Crippen LogP contribution < -0.4 is 5.73 Å². The highest BCUT2D eigenvalue weighted by Gasteiger charge is 1.88. The molecule has 0 aliphatic carbocycles. The molecule has 3 nitrogen and oxygen atoms in total. The lowest BCUT2D eigenvalue weighted by atomic mass is 10.2. The Labute approximate surface area is 82.2 Å². The van der Waals surface area contributed by atoms with E-state index in [0.717, 1.165) is 5.56 Å². The third kappa shape index (κ3) is 4.22. The summed E-state index contributed by atoms with van der Waals surface area (Å²) in [5, 5.41) is 3.57. The summed E-state index contributed by atoms with van der Waals surface area (Å²) in [5.74, 6) is 0. The van der Waals surface area contributed by atoms with Crippen molar-refractivity contribution in [2.24, 2.45) is 10.9 Å². The van der Waals surface area contributed by atoms with Gasteiger partial charge in [-0.3, -0.25) is 0 Å². The van der Waals surface area contributed by atoms with Crippen molar-refractivity contribution in [3.05, 3.63) is 35.9 Å². The van der Waals surface area contributed by atoms with Gasteiger partial charge in [-0.05, 0) is 5.56 Å². The second kappa shape index (κ2) is 5.27. The zero-order valence-corrected chi connectivity index (χ0v) is 7.83. The molecule has 0 aromatic heterocycles. The molecule has 68 valence electrons. The predicted octanol–water partition coefficient (Wildman–Crippen LogP) is 1.48. The van der Waals surface area contributed by atoms with Gasteiger partial charge in [0.2, 0.25) is 0 Å². The van der Waals surface area contributed by atoms with E-state index in [9.17, 15) is 0 Å². The maximum absolute atomic E-state index is 5.17. The van der Waals surface area contributed by atoms with Gasteiger partial charge in [-0.2, -0.15) is 0 Å². The molecule has 1 rings (SSSR count). The fourth-order valence-electron chi connectivity index (χ4n) is 0.775. The van der Waals surface area contributed by atoms with Crippen LogP contribution in [-0.2, 0) is 11.4 Å². The first-order valence-electron chi connectivity index (χ1n) is 3.78. The van der Waals surface area contributed by atoms with E-state index < -0.39 is 0 Å². The Morgan fingerprint density at radius 3 is 2.77 bits per heavy atom. The lowest BCUT2D eigenvalue weighted by molar-refractivity contribution is 0.132. The maximum atomic E-state index is 5.17. The zero-order chi connectivity index (χ0) is 9.52. The number of thiocarbonyl (C=S) groups is 1. The number of benzene rings is 1. The van der Waals surface area contributed by atoms with Gasteiger partial charge < -0.3 is 10.6 Å². The molecule has 4 heteroatoms. The molecule has 0 radical (unpaired) electrons. The number of hydrogen-bond acceptors (Lipinski definition) is 3. The first-order chi connectivity index (χ1) is 6.29. The van der Waals surface area contributed by atoms with E-state index in [4.69, 9.17) is 10.6 Å². The van der Waals surface area contributed by atoms with Gasteiger partial charge in [0.1, 0.15) is 17.8 Å². The van der Waals surface area contributed by atoms with Crippen molar-refractivity contribution in [3.8, 4) is 0 Å². The summed E-state index contributed by atoms with van der Waals surface area (Å²) in [7, 11) is 0. The van der Waals surface area contributed by atoms with Crippen LogP contribution in [-0.4, -0.2) is 11.2 Å². The highest BCUT2D eigenvalue weighted by atomic mass is 32.1. The fraction of sp³-hybridized carbons (Fsp3) is 0.111. The highest BCUT2D eigenvalue weighted by molar-refractivity contribution is 7.81. The Kier molecular flexibility index (Phi) is 3.92. The van der Waals surface area contributed by atoms with Crippen molar-refractivity contribution in [1.29, 1.82) is 0 Å². The predicted molar refractivity (Wildman–Crippen MR) is 56.5 cm³/mol. The number of rotatable bonds is 4. The Bertz CT molecular complexity index is 298. The molecule has 0 heterocycles. The minimum absolute atomic E-state index is 0.216. The Balaban J connectivity index is 2.32. The van der Waals surface area contributed by atoms with Gasteiger partial charge >= 0.3 is 0 Å². The molecular weight excluding hydrogens is 184 g/mol. The summed E-state index contributed by atoms with van der Waals surface area (Å²) < 4.78 is 0. The van der Waals surface area contributed by atoms with Crippen LogP contribution in [0.4, 0.5) is 0 Å². The van der Waals surface area contributed by atoms with Crippen LogP contribution in [0.5, 0.6) is 0 Å². The van der Waals surface area contributed by atoms with Crippen LogP contribution >= 0.6 is 12.2 Å². The molecule has 0 saturated carbocycles. The van der Waals surface area contributed by atoms with Gasteiger partial charge in [-0.15, -0.1) is 0 Å². The van der Waals surface area contributed by atoms with Crippen LogP contribution in [0.3, 0.4) is 0 Å². The summed E-state index contributed by atoms with van der Waals surface area (Å²) in [6, 6.07) is 9.74. The molecule has 0 amide bonds. The molecule has 1 aromatic rings. The summed E-state index contributed by atoms with van der Waals surface area (Å²) in [6.45, 7) is 0.431. The largest absolute Gasteiger partial charge is 0.391 e. The lowest BCUT2D eigenvalue weighted by Crippen LogP contribution is -2.08. The van der Waals surface area contributed by atoms with E-state index in [1.165, 1.54) is 6.21 Å². The SMILES string of the molecule is NC(=S)C=NOCc1ccccc1. The van der Waals surface area contributed by atoms with Crippen LogP contribution in [0.2, 0.25) is 0 Å². The summed E-state index contributed by atoms with van der Waals surface area (Å²) >= 11 is 4.57. The standard InChI is InChI=1S/C9H10N2OS/c10-9(13)6-11-12-7-8-4-2-1-3-5-8/h1-6H,7H2,(H2,10,13). The second-order valence-electron chi connectivity index (χ2n) is 2.40. The minimum Gasteiger partial charge on any atom is -0.391 e. The monoisotopic (exact) mass is 194 g/mol. The van der Waals surface area contributed by atoms with E-state index >= 15 is 0 Å². The lowest BCUT2D eigenvalue weighted by Gasteiger charge is -1.97. The van der Waals surface area contributed by atoms with Crippen LogP contribution in [0.15, 0.2) is 35.5 Å². The van der Waals surface area contributed by atoms with Crippen molar-refractivity contribution < 1.29 is 4.84 Å². The van der Waals surface area contributed by atoms with E-state index in [1.54, 1.807) is 0 Å². The summed E-state index contributed by atoms with van der Waals surface area (Å²) in [4.78, 5) is 5.15. The van der Waals surface area contributed by atoms with E-state index in [-0.39, 0.29) is 4.99 Å². The molecule has 0 aliphatic heterocycles. The zero-order valence-electron chi connectivity index (χ0n) is 7.01. The Morgan fingerprint density at radius 1 is 1.46 bits per heavy atom. The number of nitrogens with two attached hydrogens (primary N) is 1.